The van der Waals surface area contributed by atoms with Crippen LogP contribution in [-0.4, -0.2) is 23.9 Å². The number of amides is 1. The highest BCUT2D eigenvalue weighted by molar-refractivity contribution is 5.95. The number of rotatable bonds is 2. The van der Waals surface area contributed by atoms with Crippen LogP contribution in [0.4, 0.5) is 0 Å². The zero-order valence-electron chi connectivity index (χ0n) is 12.9. The van der Waals surface area contributed by atoms with Gasteiger partial charge < -0.3 is 4.90 Å². The molecule has 1 aromatic carbocycles. The molecule has 2 nitrogen and oxygen atoms in total. The molecule has 0 aliphatic carbocycles. The lowest BCUT2D eigenvalue weighted by molar-refractivity contribution is 0.0761. The molecule has 0 bridgehead atoms. The monoisotopic (exact) mass is 271 g/mol. The summed E-state index contributed by atoms with van der Waals surface area (Å²) >= 11 is 0. The number of aryl methyl sites for hydroxylation is 1. The molecule has 1 amide bonds. The van der Waals surface area contributed by atoms with Crippen LogP contribution in [-0.2, 0) is 0 Å². The minimum atomic E-state index is 0.194. The van der Waals surface area contributed by atoms with Crippen LogP contribution in [0.2, 0.25) is 0 Å². The number of hydrogen-bond acceptors (Lipinski definition) is 1. The minimum absolute atomic E-state index is 0.194. The predicted molar refractivity (Wildman–Crippen MR) is 84.9 cm³/mol. The number of hydrogen-bond donors (Lipinski definition) is 0. The Labute approximate surface area is 122 Å². The molecule has 1 fully saturated rings. The van der Waals surface area contributed by atoms with Gasteiger partial charge in [0.05, 0.1) is 0 Å². The van der Waals surface area contributed by atoms with Crippen LogP contribution >= 0.6 is 0 Å². The van der Waals surface area contributed by atoms with Crippen molar-refractivity contribution in [3.63, 3.8) is 0 Å². The van der Waals surface area contributed by atoms with E-state index in [-0.39, 0.29) is 5.91 Å². The van der Waals surface area contributed by atoms with Crippen molar-refractivity contribution in [1.29, 1.82) is 0 Å². The molecule has 0 N–H and O–H groups in total. The van der Waals surface area contributed by atoms with E-state index in [1.807, 2.05) is 24.0 Å². The smallest absolute Gasteiger partial charge is 0.253 e. The zero-order chi connectivity index (χ0) is 14.5. The van der Waals surface area contributed by atoms with Crippen LogP contribution in [0.5, 0.6) is 0 Å². The van der Waals surface area contributed by atoms with Crippen LogP contribution in [0.1, 0.15) is 61.0 Å². The highest BCUT2D eigenvalue weighted by atomic mass is 16.2. The lowest BCUT2D eigenvalue weighted by atomic mass is 9.99. The molecular weight excluding hydrogens is 246 g/mol. The van der Waals surface area contributed by atoms with Crippen LogP contribution in [0, 0.1) is 6.92 Å². The summed E-state index contributed by atoms with van der Waals surface area (Å²) in [6, 6.07) is 6.09. The SMILES string of the molecule is C/C=C(/C)c1ccc(C(=O)N2CCCCCC2)cc1C. The molecule has 2 rings (SSSR count). The molecule has 1 aliphatic heterocycles. The van der Waals surface area contributed by atoms with Gasteiger partial charge in [0, 0.05) is 18.7 Å². The average Bonchev–Trinajstić information content (AvgIpc) is 2.74. The van der Waals surface area contributed by atoms with Gasteiger partial charge in [0.25, 0.3) is 5.91 Å². The van der Waals surface area contributed by atoms with Gasteiger partial charge in [-0.3, -0.25) is 4.79 Å². The van der Waals surface area contributed by atoms with Gasteiger partial charge in [0.1, 0.15) is 0 Å². The first kappa shape index (κ1) is 14.8. The predicted octanol–water partition coefficient (Wildman–Crippen LogP) is 4.43. The van der Waals surface area contributed by atoms with E-state index in [2.05, 4.69) is 26.0 Å². The lowest BCUT2D eigenvalue weighted by Gasteiger charge is -2.21. The van der Waals surface area contributed by atoms with Gasteiger partial charge in [-0.1, -0.05) is 25.0 Å². The summed E-state index contributed by atoms with van der Waals surface area (Å²) in [4.78, 5) is 14.6. The molecule has 0 aromatic heterocycles. The second-order valence-electron chi connectivity index (χ2n) is 5.71. The summed E-state index contributed by atoms with van der Waals surface area (Å²) in [7, 11) is 0. The average molecular weight is 271 g/mol. The van der Waals surface area contributed by atoms with E-state index in [4.69, 9.17) is 0 Å². The molecule has 20 heavy (non-hydrogen) atoms. The molecule has 1 aromatic rings. The summed E-state index contributed by atoms with van der Waals surface area (Å²) in [6.45, 7) is 8.06. The summed E-state index contributed by atoms with van der Waals surface area (Å²) in [5.74, 6) is 0.194. The van der Waals surface area contributed by atoms with Gasteiger partial charge in [0.2, 0.25) is 0 Å². The van der Waals surface area contributed by atoms with Gasteiger partial charge in [0.15, 0.2) is 0 Å². The molecule has 0 atom stereocenters. The fraction of sp³-hybridized carbons (Fsp3) is 0.500. The van der Waals surface area contributed by atoms with Crippen molar-refractivity contribution in [2.45, 2.75) is 46.5 Å². The van der Waals surface area contributed by atoms with E-state index in [1.165, 1.54) is 29.5 Å². The normalized spacial score (nSPS) is 16.9. The number of allylic oxidation sites excluding steroid dienone is 2. The Morgan fingerprint density at radius 3 is 2.35 bits per heavy atom. The van der Waals surface area contributed by atoms with E-state index in [0.29, 0.717) is 0 Å². The van der Waals surface area contributed by atoms with E-state index >= 15 is 0 Å². The number of likely N-dealkylation sites (tertiary alicyclic amines) is 1. The summed E-state index contributed by atoms with van der Waals surface area (Å²) in [5, 5.41) is 0. The maximum atomic E-state index is 12.6. The van der Waals surface area contributed by atoms with E-state index in [1.54, 1.807) is 0 Å². The first-order valence-electron chi connectivity index (χ1n) is 7.66. The molecule has 0 spiro atoms. The summed E-state index contributed by atoms with van der Waals surface area (Å²) in [6.07, 6.45) is 6.89. The van der Waals surface area contributed by atoms with E-state index < -0.39 is 0 Å². The zero-order valence-corrected chi connectivity index (χ0v) is 12.9. The number of carbonyl (C=O) groups is 1. The summed E-state index contributed by atoms with van der Waals surface area (Å²) in [5.41, 5.74) is 4.51. The largest absolute Gasteiger partial charge is 0.339 e. The maximum Gasteiger partial charge on any atom is 0.253 e. The van der Waals surface area contributed by atoms with Gasteiger partial charge in [-0.25, -0.2) is 0 Å². The van der Waals surface area contributed by atoms with Gasteiger partial charge in [-0.15, -0.1) is 0 Å². The highest BCUT2D eigenvalue weighted by Crippen LogP contribution is 2.21. The first-order chi connectivity index (χ1) is 9.63. The molecule has 2 heteroatoms. The third kappa shape index (κ3) is 3.30. The van der Waals surface area contributed by atoms with Crippen LogP contribution in [0.15, 0.2) is 24.3 Å². The third-order valence-corrected chi connectivity index (χ3v) is 4.22. The molecule has 108 valence electrons. The van der Waals surface area contributed by atoms with Crippen LogP contribution in [0.25, 0.3) is 5.57 Å². The van der Waals surface area contributed by atoms with Crippen LogP contribution in [0.3, 0.4) is 0 Å². The van der Waals surface area contributed by atoms with Crippen molar-refractivity contribution in [3.05, 3.63) is 41.0 Å². The maximum absolute atomic E-state index is 12.6. The van der Waals surface area contributed by atoms with Crippen molar-refractivity contribution in [2.75, 3.05) is 13.1 Å². The standard InChI is InChI=1S/C18H25NO/c1-4-14(2)17-10-9-16(13-15(17)3)18(20)19-11-7-5-6-8-12-19/h4,9-10,13H,5-8,11-12H2,1-3H3/b14-4-. The van der Waals surface area contributed by atoms with Crippen molar-refractivity contribution >= 4 is 11.5 Å². The summed E-state index contributed by atoms with van der Waals surface area (Å²) < 4.78 is 0. The van der Waals surface area contributed by atoms with Crippen LogP contribution < -0.4 is 0 Å². The van der Waals surface area contributed by atoms with Crippen molar-refractivity contribution in [3.8, 4) is 0 Å². The number of benzene rings is 1. The van der Waals surface area contributed by atoms with Gasteiger partial charge in [-0.2, -0.15) is 0 Å². The van der Waals surface area contributed by atoms with Crippen molar-refractivity contribution in [1.82, 2.24) is 4.90 Å². The Kier molecular flexibility index (Phi) is 4.99. The lowest BCUT2D eigenvalue weighted by Crippen LogP contribution is -2.31. The topological polar surface area (TPSA) is 20.3 Å². The Morgan fingerprint density at radius 2 is 1.80 bits per heavy atom. The minimum Gasteiger partial charge on any atom is -0.339 e. The number of carbonyl (C=O) groups excluding carboxylic acids is 1. The molecule has 1 aliphatic rings. The molecule has 0 unspecified atom stereocenters. The fourth-order valence-electron chi connectivity index (χ4n) is 2.85. The molecular formula is C18H25NO. The van der Waals surface area contributed by atoms with E-state index in [0.717, 1.165) is 31.5 Å². The Hall–Kier alpha value is -1.57. The molecule has 0 radical (unpaired) electrons. The second-order valence-corrected chi connectivity index (χ2v) is 5.71. The Balaban J connectivity index is 2.20. The van der Waals surface area contributed by atoms with E-state index in [9.17, 15) is 4.79 Å². The van der Waals surface area contributed by atoms with Crippen molar-refractivity contribution < 1.29 is 4.79 Å². The second kappa shape index (κ2) is 6.74. The van der Waals surface area contributed by atoms with Gasteiger partial charge >= 0.3 is 0 Å². The molecule has 0 saturated carbocycles. The number of nitrogens with zero attached hydrogens (tertiary/aromatic N) is 1. The Bertz CT molecular complexity index is 508. The highest BCUT2D eigenvalue weighted by Gasteiger charge is 2.17. The third-order valence-electron chi connectivity index (χ3n) is 4.22. The van der Waals surface area contributed by atoms with Gasteiger partial charge in [-0.05, 0) is 62.4 Å². The first-order valence-corrected chi connectivity index (χ1v) is 7.66. The Morgan fingerprint density at radius 1 is 1.15 bits per heavy atom. The quantitative estimate of drug-likeness (QED) is 0.779. The molecule has 1 saturated heterocycles. The fourth-order valence-corrected chi connectivity index (χ4v) is 2.85. The molecule has 1 heterocycles. The van der Waals surface area contributed by atoms with Crippen molar-refractivity contribution in [2.24, 2.45) is 0 Å².